The van der Waals surface area contributed by atoms with Crippen molar-refractivity contribution in [2.45, 2.75) is 25.5 Å². The van der Waals surface area contributed by atoms with E-state index in [2.05, 4.69) is 61.2 Å². The highest BCUT2D eigenvalue weighted by Gasteiger charge is 2.19. The number of fused-ring (bicyclic) bond motifs is 3. The maximum atomic E-state index is 2.30. The Bertz CT molecular complexity index is 557. The lowest BCUT2D eigenvalue weighted by atomic mass is 10.0. The van der Waals surface area contributed by atoms with E-state index >= 15 is 0 Å². The molecular formula is C17H18S. The van der Waals surface area contributed by atoms with Crippen LogP contribution in [0, 0.1) is 0 Å². The standard InChI is InChI=1S/C17H18S/c1-2-10-18-12-14-7-5-9-16-15-8-4-3-6-13(15)11-17(14)16/h3-9H,2,10-12H2,1H3. The number of hydrogen-bond acceptors (Lipinski definition) is 1. The first kappa shape index (κ1) is 11.9. The third-order valence-electron chi connectivity index (χ3n) is 3.55. The Balaban J connectivity index is 1.93. The molecule has 0 N–H and O–H groups in total. The Morgan fingerprint density at radius 3 is 2.72 bits per heavy atom. The summed E-state index contributed by atoms with van der Waals surface area (Å²) in [5.74, 6) is 2.42. The maximum Gasteiger partial charge on any atom is 0.0187 e. The molecule has 0 atom stereocenters. The fourth-order valence-corrected chi connectivity index (χ4v) is 3.61. The van der Waals surface area contributed by atoms with Crippen LogP contribution in [0.15, 0.2) is 42.5 Å². The zero-order valence-electron chi connectivity index (χ0n) is 10.8. The van der Waals surface area contributed by atoms with Crippen molar-refractivity contribution in [1.82, 2.24) is 0 Å². The zero-order valence-corrected chi connectivity index (χ0v) is 11.6. The number of hydrogen-bond donors (Lipinski definition) is 0. The van der Waals surface area contributed by atoms with E-state index in [1.165, 1.54) is 34.4 Å². The van der Waals surface area contributed by atoms with E-state index in [-0.39, 0.29) is 0 Å². The second-order valence-corrected chi connectivity index (χ2v) is 5.93. The van der Waals surface area contributed by atoms with Gasteiger partial charge in [-0.2, -0.15) is 11.8 Å². The fraction of sp³-hybridized carbons (Fsp3) is 0.294. The highest BCUT2D eigenvalue weighted by Crippen LogP contribution is 2.38. The molecule has 0 amide bonds. The molecule has 0 unspecified atom stereocenters. The van der Waals surface area contributed by atoms with Crippen molar-refractivity contribution in [3.8, 4) is 11.1 Å². The molecular weight excluding hydrogens is 236 g/mol. The van der Waals surface area contributed by atoms with Crippen molar-refractivity contribution in [1.29, 1.82) is 0 Å². The largest absolute Gasteiger partial charge is 0.157 e. The minimum atomic E-state index is 1.12. The highest BCUT2D eigenvalue weighted by molar-refractivity contribution is 7.98. The predicted molar refractivity (Wildman–Crippen MR) is 81.1 cm³/mol. The van der Waals surface area contributed by atoms with Crippen molar-refractivity contribution in [2.24, 2.45) is 0 Å². The molecule has 1 heteroatoms. The molecule has 0 fully saturated rings. The average Bonchev–Trinajstić information content (AvgIpc) is 2.79. The lowest BCUT2D eigenvalue weighted by Crippen LogP contribution is -1.91. The molecule has 1 aliphatic rings. The summed E-state index contributed by atoms with van der Waals surface area (Å²) in [4.78, 5) is 0. The van der Waals surface area contributed by atoms with Gasteiger partial charge in [0.1, 0.15) is 0 Å². The van der Waals surface area contributed by atoms with Gasteiger partial charge >= 0.3 is 0 Å². The Kier molecular flexibility index (Phi) is 3.42. The molecule has 0 saturated carbocycles. The number of benzene rings is 2. The fourth-order valence-electron chi connectivity index (χ4n) is 2.69. The summed E-state index contributed by atoms with van der Waals surface area (Å²) in [6.45, 7) is 2.25. The van der Waals surface area contributed by atoms with Crippen LogP contribution in [-0.2, 0) is 12.2 Å². The van der Waals surface area contributed by atoms with Gasteiger partial charge in [0.25, 0.3) is 0 Å². The molecule has 1 aliphatic carbocycles. The summed E-state index contributed by atoms with van der Waals surface area (Å²) in [5.41, 5.74) is 7.47. The van der Waals surface area contributed by atoms with Gasteiger partial charge in [0, 0.05) is 5.75 Å². The Morgan fingerprint density at radius 2 is 1.83 bits per heavy atom. The molecule has 0 spiro atoms. The van der Waals surface area contributed by atoms with Crippen LogP contribution in [0.5, 0.6) is 0 Å². The zero-order chi connectivity index (χ0) is 12.4. The highest BCUT2D eigenvalue weighted by atomic mass is 32.2. The SMILES string of the molecule is CCCSCc1cccc2c1Cc1ccccc1-2. The first-order chi connectivity index (χ1) is 8.90. The smallest absolute Gasteiger partial charge is 0.0187 e. The first-order valence-electron chi connectivity index (χ1n) is 6.67. The predicted octanol–water partition coefficient (Wildman–Crippen LogP) is 4.90. The summed E-state index contributed by atoms with van der Waals surface area (Å²) in [7, 11) is 0. The summed E-state index contributed by atoms with van der Waals surface area (Å²) in [6, 6.07) is 15.6. The molecule has 0 radical (unpaired) electrons. The molecule has 0 bridgehead atoms. The van der Waals surface area contributed by atoms with Crippen LogP contribution in [-0.4, -0.2) is 5.75 Å². The lowest BCUT2D eigenvalue weighted by Gasteiger charge is -2.07. The summed E-state index contributed by atoms with van der Waals surface area (Å²) in [6.07, 6.45) is 2.38. The number of rotatable bonds is 4. The van der Waals surface area contributed by atoms with Gasteiger partial charge in [0.15, 0.2) is 0 Å². The molecule has 3 rings (SSSR count). The van der Waals surface area contributed by atoms with E-state index in [1.54, 1.807) is 5.56 Å². The van der Waals surface area contributed by atoms with E-state index in [1.807, 2.05) is 0 Å². The molecule has 92 valence electrons. The molecule has 0 nitrogen and oxygen atoms in total. The summed E-state index contributed by atoms with van der Waals surface area (Å²) in [5, 5.41) is 0. The third-order valence-corrected chi connectivity index (χ3v) is 4.77. The number of thioether (sulfide) groups is 1. The van der Waals surface area contributed by atoms with E-state index < -0.39 is 0 Å². The van der Waals surface area contributed by atoms with Crippen molar-refractivity contribution < 1.29 is 0 Å². The van der Waals surface area contributed by atoms with Crippen LogP contribution in [0.25, 0.3) is 11.1 Å². The topological polar surface area (TPSA) is 0 Å². The third kappa shape index (κ3) is 2.08. The second-order valence-electron chi connectivity index (χ2n) is 4.83. The average molecular weight is 254 g/mol. The Morgan fingerprint density at radius 1 is 1.00 bits per heavy atom. The van der Waals surface area contributed by atoms with E-state index in [0.717, 1.165) is 12.2 Å². The minimum Gasteiger partial charge on any atom is -0.157 e. The van der Waals surface area contributed by atoms with Crippen LogP contribution in [0.1, 0.15) is 30.0 Å². The van der Waals surface area contributed by atoms with Crippen molar-refractivity contribution in [2.75, 3.05) is 5.75 Å². The van der Waals surface area contributed by atoms with Crippen molar-refractivity contribution >= 4 is 11.8 Å². The van der Waals surface area contributed by atoms with Gasteiger partial charge < -0.3 is 0 Å². The van der Waals surface area contributed by atoms with E-state index in [4.69, 9.17) is 0 Å². The van der Waals surface area contributed by atoms with Gasteiger partial charge in [-0.1, -0.05) is 49.4 Å². The Hall–Kier alpha value is -1.21. The second kappa shape index (κ2) is 5.19. The van der Waals surface area contributed by atoms with E-state index in [9.17, 15) is 0 Å². The molecule has 0 heterocycles. The molecule has 2 aromatic rings. The molecule has 18 heavy (non-hydrogen) atoms. The van der Waals surface area contributed by atoms with Gasteiger partial charge in [-0.3, -0.25) is 0 Å². The maximum absolute atomic E-state index is 2.30. The van der Waals surface area contributed by atoms with Gasteiger partial charge in [-0.05, 0) is 46.4 Å². The first-order valence-corrected chi connectivity index (χ1v) is 7.82. The Labute approximate surface area is 113 Å². The van der Waals surface area contributed by atoms with Gasteiger partial charge in [-0.15, -0.1) is 0 Å². The van der Waals surface area contributed by atoms with Crippen molar-refractivity contribution in [3.63, 3.8) is 0 Å². The summed E-state index contributed by atoms with van der Waals surface area (Å²) < 4.78 is 0. The molecule has 0 aromatic heterocycles. The quantitative estimate of drug-likeness (QED) is 0.597. The van der Waals surface area contributed by atoms with Crippen LogP contribution >= 0.6 is 11.8 Å². The summed E-state index contributed by atoms with van der Waals surface area (Å²) >= 11 is 2.05. The van der Waals surface area contributed by atoms with E-state index in [0.29, 0.717) is 0 Å². The molecule has 2 aromatic carbocycles. The minimum absolute atomic E-state index is 1.12. The lowest BCUT2D eigenvalue weighted by molar-refractivity contribution is 1.10. The molecule has 0 saturated heterocycles. The van der Waals surface area contributed by atoms with Crippen LogP contribution in [0.4, 0.5) is 0 Å². The van der Waals surface area contributed by atoms with Crippen LogP contribution in [0.3, 0.4) is 0 Å². The monoisotopic (exact) mass is 254 g/mol. The van der Waals surface area contributed by atoms with Crippen LogP contribution < -0.4 is 0 Å². The van der Waals surface area contributed by atoms with Gasteiger partial charge in [0.05, 0.1) is 0 Å². The van der Waals surface area contributed by atoms with Gasteiger partial charge in [-0.25, -0.2) is 0 Å². The molecule has 0 aliphatic heterocycles. The van der Waals surface area contributed by atoms with Crippen LogP contribution in [0.2, 0.25) is 0 Å². The normalized spacial score (nSPS) is 12.3. The van der Waals surface area contributed by atoms with Gasteiger partial charge in [0.2, 0.25) is 0 Å². The van der Waals surface area contributed by atoms with Crippen molar-refractivity contribution in [3.05, 3.63) is 59.2 Å².